The second-order valence-corrected chi connectivity index (χ2v) is 8.47. The number of aliphatic carboxylic acids is 1. The number of hydrogen-bond acceptors (Lipinski definition) is 6. The Labute approximate surface area is 214 Å². The molecule has 0 saturated heterocycles. The molecular weight excluding hydrogens is 474 g/mol. The van der Waals surface area contributed by atoms with Crippen LogP contribution in [0, 0.1) is 0 Å². The van der Waals surface area contributed by atoms with E-state index in [2.05, 4.69) is 11.9 Å². The standard InChI is InChI=1S/C29H27NO7/c1-2-15-35-27(31)18-36-20-13-11-19(12-14-20)16-26(28(32)33)30-29(34)37-17-25-23-9-5-3-7-21(23)22-8-4-6-10-24(22)25/h2-14,25-26H,1,15-18H2,(H,30,34)(H,32,33)/t26-/m1/s1. The number of benzene rings is 3. The van der Waals surface area contributed by atoms with Gasteiger partial charge in [0.2, 0.25) is 0 Å². The Balaban J connectivity index is 1.32. The maximum Gasteiger partial charge on any atom is 0.407 e. The van der Waals surface area contributed by atoms with Crippen molar-refractivity contribution in [1.29, 1.82) is 0 Å². The number of hydrogen-bond donors (Lipinski definition) is 2. The van der Waals surface area contributed by atoms with Gasteiger partial charge in [0.05, 0.1) is 0 Å². The highest BCUT2D eigenvalue weighted by Gasteiger charge is 2.29. The van der Waals surface area contributed by atoms with Gasteiger partial charge in [0.1, 0.15) is 25.0 Å². The molecule has 8 nitrogen and oxygen atoms in total. The van der Waals surface area contributed by atoms with Gasteiger partial charge in [-0.15, -0.1) is 0 Å². The minimum absolute atomic E-state index is 0.0428. The van der Waals surface area contributed by atoms with E-state index < -0.39 is 24.1 Å². The van der Waals surface area contributed by atoms with Gasteiger partial charge >= 0.3 is 18.0 Å². The molecule has 1 aliphatic rings. The lowest BCUT2D eigenvalue weighted by Gasteiger charge is -2.17. The average molecular weight is 502 g/mol. The molecule has 4 rings (SSSR count). The first-order valence-corrected chi connectivity index (χ1v) is 11.8. The number of amides is 1. The molecule has 1 aliphatic carbocycles. The number of nitrogens with one attached hydrogen (secondary N) is 1. The predicted molar refractivity (Wildman–Crippen MR) is 136 cm³/mol. The predicted octanol–water partition coefficient (Wildman–Crippen LogP) is 4.33. The van der Waals surface area contributed by atoms with Crippen molar-refractivity contribution in [2.45, 2.75) is 18.4 Å². The topological polar surface area (TPSA) is 111 Å². The van der Waals surface area contributed by atoms with E-state index in [4.69, 9.17) is 14.2 Å². The highest BCUT2D eigenvalue weighted by atomic mass is 16.6. The number of ether oxygens (including phenoxy) is 3. The van der Waals surface area contributed by atoms with E-state index in [9.17, 15) is 19.5 Å². The summed E-state index contributed by atoms with van der Waals surface area (Å²) in [6.45, 7) is 3.41. The molecule has 3 aromatic carbocycles. The summed E-state index contributed by atoms with van der Waals surface area (Å²) < 4.78 is 15.7. The molecule has 0 fully saturated rings. The number of carboxylic acids is 1. The molecule has 0 aromatic heterocycles. The van der Waals surface area contributed by atoms with Crippen LogP contribution in [-0.2, 0) is 25.5 Å². The first kappa shape index (κ1) is 25.5. The summed E-state index contributed by atoms with van der Waals surface area (Å²) in [5.41, 5.74) is 5.02. The minimum Gasteiger partial charge on any atom is -0.482 e. The van der Waals surface area contributed by atoms with Crippen LogP contribution < -0.4 is 10.1 Å². The van der Waals surface area contributed by atoms with Crippen LogP contribution in [0.1, 0.15) is 22.6 Å². The molecule has 0 bridgehead atoms. The molecule has 0 radical (unpaired) electrons. The molecule has 0 unspecified atom stereocenters. The van der Waals surface area contributed by atoms with Crippen LogP contribution in [0.2, 0.25) is 0 Å². The molecule has 2 N–H and O–H groups in total. The van der Waals surface area contributed by atoms with Gasteiger partial charge in [-0.1, -0.05) is 73.3 Å². The van der Waals surface area contributed by atoms with Crippen molar-refractivity contribution in [3.63, 3.8) is 0 Å². The first-order valence-electron chi connectivity index (χ1n) is 11.8. The Morgan fingerprint density at radius 2 is 1.54 bits per heavy atom. The van der Waals surface area contributed by atoms with Crippen molar-refractivity contribution in [3.8, 4) is 16.9 Å². The van der Waals surface area contributed by atoms with E-state index in [1.807, 2.05) is 48.5 Å². The van der Waals surface area contributed by atoms with Crippen molar-refractivity contribution < 1.29 is 33.7 Å². The Hall–Kier alpha value is -4.59. The van der Waals surface area contributed by atoms with Gasteiger partial charge in [0, 0.05) is 12.3 Å². The Morgan fingerprint density at radius 3 is 2.14 bits per heavy atom. The third-order valence-corrected chi connectivity index (χ3v) is 6.02. The fourth-order valence-electron chi connectivity index (χ4n) is 4.28. The summed E-state index contributed by atoms with van der Waals surface area (Å²) in [6, 6.07) is 21.3. The lowest BCUT2D eigenvalue weighted by atomic mass is 9.98. The second-order valence-electron chi connectivity index (χ2n) is 8.47. The summed E-state index contributed by atoms with van der Waals surface area (Å²) in [5, 5.41) is 12.1. The van der Waals surface area contributed by atoms with Crippen molar-refractivity contribution in [2.24, 2.45) is 0 Å². The van der Waals surface area contributed by atoms with Crippen LogP contribution in [0.3, 0.4) is 0 Å². The van der Waals surface area contributed by atoms with Gasteiger partial charge in [-0.05, 0) is 39.9 Å². The largest absolute Gasteiger partial charge is 0.482 e. The lowest BCUT2D eigenvalue weighted by molar-refractivity contribution is -0.144. The fraction of sp³-hybridized carbons (Fsp3) is 0.207. The van der Waals surface area contributed by atoms with E-state index in [0.717, 1.165) is 22.3 Å². The summed E-state index contributed by atoms with van der Waals surface area (Å²) in [7, 11) is 0. The zero-order valence-corrected chi connectivity index (χ0v) is 20.1. The summed E-state index contributed by atoms with van der Waals surface area (Å²) in [6.07, 6.45) is 0.704. The molecule has 37 heavy (non-hydrogen) atoms. The third-order valence-electron chi connectivity index (χ3n) is 6.02. The molecular formula is C29H27NO7. The maximum atomic E-state index is 12.5. The summed E-state index contributed by atoms with van der Waals surface area (Å²) >= 11 is 0. The molecule has 3 aromatic rings. The molecule has 0 aliphatic heterocycles. The molecule has 0 spiro atoms. The van der Waals surface area contributed by atoms with Crippen molar-refractivity contribution >= 4 is 18.0 Å². The number of esters is 1. The number of alkyl carbamates (subject to hydrolysis) is 1. The number of rotatable bonds is 11. The van der Waals surface area contributed by atoms with E-state index in [-0.39, 0.29) is 32.2 Å². The molecule has 1 atom stereocenters. The number of carbonyl (C=O) groups excluding carboxylic acids is 2. The molecule has 1 amide bonds. The van der Waals surface area contributed by atoms with E-state index in [1.165, 1.54) is 6.08 Å². The number of carbonyl (C=O) groups is 3. The lowest BCUT2D eigenvalue weighted by Crippen LogP contribution is -2.42. The third kappa shape index (κ3) is 6.35. The van der Waals surface area contributed by atoms with Crippen LogP contribution in [0.15, 0.2) is 85.5 Å². The number of fused-ring (bicyclic) bond motifs is 3. The first-order chi connectivity index (χ1) is 18.0. The highest BCUT2D eigenvalue weighted by molar-refractivity contribution is 5.81. The van der Waals surface area contributed by atoms with Crippen molar-refractivity contribution in [2.75, 3.05) is 19.8 Å². The van der Waals surface area contributed by atoms with Gasteiger partial charge in [-0.25, -0.2) is 14.4 Å². The monoisotopic (exact) mass is 501 g/mol. The smallest absolute Gasteiger partial charge is 0.407 e. The summed E-state index contributed by atoms with van der Waals surface area (Å²) in [4.78, 5) is 35.9. The Bertz CT molecular complexity index is 1240. The highest BCUT2D eigenvalue weighted by Crippen LogP contribution is 2.44. The van der Waals surface area contributed by atoms with Crippen LogP contribution in [0.5, 0.6) is 5.75 Å². The van der Waals surface area contributed by atoms with Gasteiger partial charge in [-0.3, -0.25) is 0 Å². The zero-order valence-electron chi connectivity index (χ0n) is 20.1. The van der Waals surface area contributed by atoms with Crippen molar-refractivity contribution in [3.05, 3.63) is 102 Å². The SMILES string of the molecule is C=CCOC(=O)COc1ccc(C[C@@H](NC(=O)OCC2c3ccccc3-c3ccccc32)C(=O)O)cc1. The average Bonchev–Trinajstić information content (AvgIpc) is 3.23. The van der Waals surface area contributed by atoms with E-state index in [1.54, 1.807) is 24.3 Å². The van der Waals surface area contributed by atoms with Gasteiger partial charge in [0.15, 0.2) is 6.61 Å². The summed E-state index contributed by atoms with van der Waals surface area (Å²) in [5.74, 6) is -1.40. The normalized spacial score (nSPS) is 12.5. The van der Waals surface area contributed by atoms with Crippen LogP contribution in [0.4, 0.5) is 4.79 Å². The molecule has 0 heterocycles. The maximum absolute atomic E-state index is 12.5. The van der Waals surface area contributed by atoms with Crippen LogP contribution >= 0.6 is 0 Å². The minimum atomic E-state index is -1.18. The quantitative estimate of drug-likeness (QED) is 0.297. The van der Waals surface area contributed by atoms with E-state index >= 15 is 0 Å². The van der Waals surface area contributed by atoms with E-state index in [0.29, 0.717) is 11.3 Å². The Morgan fingerprint density at radius 1 is 0.919 bits per heavy atom. The van der Waals surface area contributed by atoms with Crippen LogP contribution in [0.25, 0.3) is 11.1 Å². The molecule has 190 valence electrons. The fourth-order valence-corrected chi connectivity index (χ4v) is 4.28. The molecule has 0 saturated carbocycles. The van der Waals surface area contributed by atoms with Crippen LogP contribution in [-0.4, -0.2) is 49.0 Å². The van der Waals surface area contributed by atoms with Gasteiger partial charge in [0.25, 0.3) is 0 Å². The van der Waals surface area contributed by atoms with Gasteiger partial charge < -0.3 is 24.6 Å². The zero-order chi connectivity index (χ0) is 26.2. The second kappa shape index (κ2) is 11.9. The van der Waals surface area contributed by atoms with Crippen molar-refractivity contribution in [1.82, 2.24) is 5.32 Å². The molecule has 8 heteroatoms. The van der Waals surface area contributed by atoms with Gasteiger partial charge in [-0.2, -0.15) is 0 Å². The Kier molecular flexibility index (Phi) is 8.20. The number of carboxylic acid groups (broad SMARTS) is 1.